The van der Waals surface area contributed by atoms with Crippen molar-refractivity contribution in [2.75, 3.05) is 10.6 Å². The molecule has 2 aromatic carbocycles. The SMILES string of the molecule is Cc1ccc(C(=O)O[C@@H](C)C(=O)Nc2ccc(F)cc2Cl)cc1NC(=O)c1ccco1. The molecule has 3 aromatic rings. The molecule has 0 spiro atoms. The Hall–Kier alpha value is -3.65. The third-order valence-electron chi connectivity index (χ3n) is 4.31. The normalized spacial score (nSPS) is 11.5. The Kier molecular flexibility index (Phi) is 6.71. The van der Waals surface area contributed by atoms with E-state index in [0.717, 1.165) is 12.1 Å². The molecule has 1 atom stereocenters. The maximum atomic E-state index is 13.1. The van der Waals surface area contributed by atoms with Gasteiger partial charge in [0.1, 0.15) is 5.82 Å². The van der Waals surface area contributed by atoms with E-state index in [1.807, 2.05) is 0 Å². The molecule has 160 valence electrons. The van der Waals surface area contributed by atoms with Crippen molar-refractivity contribution >= 4 is 40.8 Å². The van der Waals surface area contributed by atoms with Crippen LogP contribution in [-0.2, 0) is 9.53 Å². The molecular weight excluding hydrogens is 427 g/mol. The van der Waals surface area contributed by atoms with Crippen LogP contribution >= 0.6 is 11.6 Å². The van der Waals surface area contributed by atoms with Crippen molar-refractivity contribution < 1.29 is 27.9 Å². The number of hydrogen-bond acceptors (Lipinski definition) is 5. The summed E-state index contributed by atoms with van der Waals surface area (Å²) in [6, 6.07) is 11.2. The molecule has 1 aromatic heterocycles. The van der Waals surface area contributed by atoms with Gasteiger partial charge in [-0.15, -0.1) is 0 Å². The molecule has 9 heteroatoms. The van der Waals surface area contributed by atoms with Crippen LogP contribution < -0.4 is 10.6 Å². The smallest absolute Gasteiger partial charge is 0.338 e. The lowest BCUT2D eigenvalue weighted by Crippen LogP contribution is -2.30. The van der Waals surface area contributed by atoms with E-state index < -0.39 is 29.7 Å². The third-order valence-corrected chi connectivity index (χ3v) is 4.62. The van der Waals surface area contributed by atoms with Gasteiger partial charge in [-0.1, -0.05) is 17.7 Å². The first-order chi connectivity index (χ1) is 14.7. The molecule has 1 heterocycles. The highest BCUT2D eigenvalue weighted by atomic mass is 35.5. The number of ether oxygens (including phenoxy) is 1. The lowest BCUT2D eigenvalue weighted by Gasteiger charge is -2.15. The van der Waals surface area contributed by atoms with E-state index in [1.165, 1.54) is 37.5 Å². The minimum Gasteiger partial charge on any atom is -0.459 e. The number of furan rings is 1. The van der Waals surface area contributed by atoms with Gasteiger partial charge < -0.3 is 19.8 Å². The topological polar surface area (TPSA) is 97.6 Å². The number of esters is 1. The van der Waals surface area contributed by atoms with Gasteiger partial charge >= 0.3 is 5.97 Å². The molecule has 0 aliphatic heterocycles. The number of anilines is 2. The van der Waals surface area contributed by atoms with Crippen molar-refractivity contribution in [1.82, 2.24) is 0 Å². The van der Waals surface area contributed by atoms with Crippen LogP contribution in [0.4, 0.5) is 15.8 Å². The Balaban J connectivity index is 1.66. The minimum atomic E-state index is -1.16. The van der Waals surface area contributed by atoms with E-state index in [2.05, 4.69) is 10.6 Å². The molecule has 0 fully saturated rings. The average Bonchev–Trinajstić information content (AvgIpc) is 3.26. The molecule has 7 nitrogen and oxygen atoms in total. The van der Waals surface area contributed by atoms with Crippen molar-refractivity contribution in [2.45, 2.75) is 20.0 Å². The zero-order valence-electron chi connectivity index (χ0n) is 16.6. The highest BCUT2D eigenvalue weighted by Gasteiger charge is 2.21. The minimum absolute atomic E-state index is 0.0161. The molecule has 0 unspecified atom stereocenters. The van der Waals surface area contributed by atoms with E-state index >= 15 is 0 Å². The van der Waals surface area contributed by atoms with Gasteiger partial charge in [-0.05, 0) is 61.9 Å². The maximum absolute atomic E-state index is 13.1. The Bertz CT molecular complexity index is 1130. The van der Waals surface area contributed by atoms with E-state index in [1.54, 1.807) is 19.1 Å². The van der Waals surface area contributed by atoms with Crippen LogP contribution in [0.1, 0.15) is 33.4 Å². The zero-order valence-corrected chi connectivity index (χ0v) is 17.3. The largest absolute Gasteiger partial charge is 0.459 e. The number of amides is 2. The summed E-state index contributed by atoms with van der Waals surface area (Å²) in [7, 11) is 0. The number of hydrogen-bond donors (Lipinski definition) is 2. The first kappa shape index (κ1) is 22.0. The predicted octanol–water partition coefficient (Wildman–Crippen LogP) is 4.82. The van der Waals surface area contributed by atoms with Gasteiger partial charge in [-0.3, -0.25) is 9.59 Å². The summed E-state index contributed by atoms with van der Waals surface area (Å²) in [5.41, 5.74) is 1.44. The Labute approximate surface area is 182 Å². The molecule has 0 saturated heterocycles. The molecule has 2 N–H and O–H groups in total. The molecule has 0 aliphatic carbocycles. The van der Waals surface area contributed by atoms with E-state index in [4.69, 9.17) is 20.8 Å². The lowest BCUT2D eigenvalue weighted by atomic mass is 10.1. The van der Waals surface area contributed by atoms with E-state index in [-0.39, 0.29) is 22.0 Å². The fourth-order valence-electron chi connectivity index (χ4n) is 2.58. The van der Waals surface area contributed by atoms with E-state index in [0.29, 0.717) is 11.3 Å². The van der Waals surface area contributed by atoms with Gasteiger partial charge in [-0.2, -0.15) is 0 Å². The zero-order chi connectivity index (χ0) is 22.5. The third kappa shape index (κ3) is 5.49. The summed E-state index contributed by atoms with van der Waals surface area (Å²) >= 11 is 5.89. The molecule has 3 rings (SSSR count). The van der Waals surface area contributed by atoms with Crippen LogP contribution in [0.5, 0.6) is 0 Å². The standard InChI is InChI=1S/C22H18ClFN2O5/c1-12-5-6-14(10-18(12)26-21(28)19-4-3-9-30-19)22(29)31-13(2)20(27)25-17-8-7-15(24)11-16(17)23/h3-11,13H,1-2H3,(H,25,27)(H,26,28)/t13-/m0/s1. The van der Waals surface area contributed by atoms with Crippen LogP contribution in [-0.4, -0.2) is 23.9 Å². The number of nitrogens with one attached hydrogen (secondary N) is 2. The maximum Gasteiger partial charge on any atom is 0.338 e. The summed E-state index contributed by atoms with van der Waals surface area (Å²) in [5, 5.41) is 5.15. The molecule has 31 heavy (non-hydrogen) atoms. The van der Waals surface area contributed by atoms with Crippen molar-refractivity contribution in [3.63, 3.8) is 0 Å². The van der Waals surface area contributed by atoms with Gasteiger partial charge in [0, 0.05) is 5.69 Å². The van der Waals surface area contributed by atoms with Gasteiger partial charge in [0.15, 0.2) is 11.9 Å². The molecule has 0 saturated carbocycles. The highest BCUT2D eigenvalue weighted by molar-refractivity contribution is 6.33. The summed E-state index contributed by atoms with van der Waals surface area (Å²) in [6.07, 6.45) is 0.220. The molecule has 0 radical (unpaired) electrons. The molecule has 2 amide bonds. The monoisotopic (exact) mass is 444 g/mol. The first-order valence-electron chi connectivity index (χ1n) is 9.17. The van der Waals surface area contributed by atoms with Gasteiger partial charge in [-0.25, -0.2) is 9.18 Å². The Morgan fingerprint density at radius 2 is 1.84 bits per heavy atom. The second-order valence-electron chi connectivity index (χ2n) is 6.62. The predicted molar refractivity (Wildman–Crippen MR) is 113 cm³/mol. The Morgan fingerprint density at radius 3 is 2.52 bits per heavy atom. The van der Waals surface area contributed by atoms with Crippen LogP contribution in [0.2, 0.25) is 5.02 Å². The van der Waals surface area contributed by atoms with Crippen LogP contribution in [0.15, 0.2) is 59.2 Å². The number of carbonyl (C=O) groups excluding carboxylic acids is 3. The fraction of sp³-hybridized carbons (Fsp3) is 0.136. The highest BCUT2D eigenvalue weighted by Crippen LogP contribution is 2.23. The number of carbonyl (C=O) groups is 3. The van der Waals surface area contributed by atoms with E-state index in [9.17, 15) is 18.8 Å². The molecule has 0 bridgehead atoms. The van der Waals surface area contributed by atoms with Crippen LogP contribution in [0.3, 0.4) is 0 Å². The number of benzene rings is 2. The number of halogens is 2. The first-order valence-corrected chi connectivity index (χ1v) is 9.55. The fourth-order valence-corrected chi connectivity index (χ4v) is 2.80. The second-order valence-corrected chi connectivity index (χ2v) is 7.03. The molecule has 0 aliphatic rings. The average molecular weight is 445 g/mol. The number of aryl methyl sites for hydroxylation is 1. The molecular formula is C22H18ClFN2O5. The summed E-state index contributed by atoms with van der Waals surface area (Å²) in [4.78, 5) is 37.0. The summed E-state index contributed by atoms with van der Waals surface area (Å²) in [6.45, 7) is 3.15. The van der Waals surface area contributed by atoms with Gasteiger partial charge in [0.05, 0.1) is 22.5 Å². The summed E-state index contributed by atoms with van der Waals surface area (Å²) < 4.78 is 23.4. The van der Waals surface area contributed by atoms with Crippen molar-refractivity contribution in [3.05, 3.63) is 82.5 Å². The lowest BCUT2D eigenvalue weighted by molar-refractivity contribution is -0.123. The van der Waals surface area contributed by atoms with Crippen molar-refractivity contribution in [2.24, 2.45) is 0 Å². The Morgan fingerprint density at radius 1 is 1.06 bits per heavy atom. The van der Waals surface area contributed by atoms with Gasteiger partial charge in [0.2, 0.25) is 0 Å². The quantitative estimate of drug-likeness (QED) is 0.531. The number of rotatable bonds is 6. The van der Waals surface area contributed by atoms with Crippen molar-refractivity contribution in [3.8, 4) is 0 Å². The van der Waals surface area contributed by atoms with Gasteiger partial charge in [0.25, 0.3) is 11.8 Å². The van der Waals surface area contributed by atoms with Crippen molar-refractivity contribution in [1.29, 1.82) is 0 Å². The summed E-state index contributed by atoms with van der Waals surface area (Å²) in [5.74, 6) is -2.29. The van der Waals surface area contributed by atoms with Crippen LogP contribution in [0.25, 0.3) is 0 Å². The second kappa shape index (κ2) is 9.44. The van der Waals surface area contributed by atoms with Crippen LogP contribution in [0, 0.1) is 12.7 Å².